The van der Waals surface area contributed by atoms with Crippen molar-refractivity contribution in [2.45, 2.75) is 13.8 Å². The molecule has 0 amide bonds. The highest BCUT2D eigenvalue weighted by molar-refractivity contribution is 5.96. The highest BCUT2D eigenvalue weighted by Crippen LogP contribution is 2.18. The summed E-state index contributed by atoms with van der Waals surface area (Å²) in [5.74, 6) is 0.187. The third-order valence-corrected chi connectivity index (χ3v) is 3.19. The average Bonchev–Trinajstić information content (AvgIpc) is 2.46. The van der Waals surface area contributed by atoms with Crippen LogP contribution in [0.15, 0.2) is 24.3 Å². The van der Waals surface area contributed by atoms with Gasteiger partial charge in [0.25, 0.3) is 0 Å². The molecule has 1 aromatic carbocycles. The Morgan fingerprint density at radius 1 is 1.29 bits per heavy atom. The molecule has 0 N–H and O–H groups in total. The molecule has 0 aliphatic heterocycles. The van der Waals surface area contributed by atoms with Crippen molar-refractivity contribution >= 4 is 11.8 Å². The van der Waals surface area contributed by atoms with Crippen molar-refractivity contribution in [2.24, 2.45) is 5.92 Å². The van der Waals surface area contributed by atoms with Crippen LogP contribution in [-0.2, 0) is 9.53 Å². The Bertz CT molecular complexity index is 487. The van der Waals surface area contributed by atoms with E-state index < -0.39 is 0 Å². The summed E-state index contributed by atoms with van der Waals surface area (Å²) in [4.78, 5) is 24.8. The minimum Gasteiger partial charge on any atom is -0.491 e. The standard InChI is InChI=1S/C16H23NO4/c1-12(16(19)20-4)11-17(3)9-10-21-15-8-6-5-7-14(15)13(2)18/h5-8,12H,9-11H2,1-4H3. The molecule has 0 heterocycles. The Hall–Kier alpha value is -1.88. The zero-order chi connectivity index (χ0) is 15.8. The van der Waals surface area contributed by atoms with Crippen LogP contribution in [0.5, 0.6) is 5.75 Å². The summed E-state index contributed by atoms with van der Waals surface area (Å²) in [6.07, 6.45) is 0. The van der Waals surface area contributed by atoms with Crippen molar-refractivity contribution < 1.29 is 19.1 Å². The molecule has 5 heteroatoms. The summed E-state index contributed by atoms with van der Waals surface area (Å²) in [5, 5.41) is 0. The second-order valence-electron chi connectivity index (χ2n) is 5.09. The van der Waals surface area contributed by atoms with Gasteiger partial charge in [0.1, 0.15) is 12.4 Å². The fourth-order valence-electron chi connectivity index (χ4n) is 2.03. The van der Waals surface area contributed by atoms with E-state index in [2.05, 4.69) is 0 Å². The van der Waals surface area contributed by atoms with E-state index in [1.54, 1.807) is 12.1 Å². The minimum absolute atomic E-state index is 0.0155. The lowest BCUT2D eigenvalue weighted by atomic mass is 10.1. The van der Waals surface area contributed by atoms with Crippen LogP contribution in [0.3, 0.4) is 0 Å². The number of benzene rings is 1. The number of rotatable bonds is 8. The first kappa shape index (κ1) is 17.2. The Morgan fingerprint density at radius 3 is 2.57 bits per heavy atom. The summed E-state index contributed by atoms with van der Waals surface area (Å²) in [6.45, 7) is 5.06. The molecule has 1 atom stereocenters. The normalized spacial score (nSPS) is 12.0. The summed E-state index contributed by atoms with van der Waals surface area (Å²) >= 11 is 0. The largest absolute Gasteiger partial charge is 0.491 e. The molecule has 0 aromatic heterocycles. The molecule has 0 saturated carbocycles. The Kier molecular flexibility index (Phi) is 6.88. The molecule has 5 nitrogen and oxygen atoms in total. The molecule has 1 rings (SSSR count). The van der Waals surface area contributed by atoms with Gasteiger partial charge in [0.05, 0.1) is 18.6 Å². The molecule has 1 aromatic rings. The quantitative estimate of drug-likeness (QED) is 0.542. The number of hydrogen-bond acceptors (Lipinski definition) is 5. The smallest absolute Gasteiger partial charge is 0.309 e. The lowest BCUT2D eigenvalue weighted by molar-refractivity contribution is -0.145. The molecule has 0 bridgehead atoms. The fraction of sp³-hybridized carbons (Fsp3) is 0.500. The maximum Gasteiger partial charge on any atom is 0.309 e. The second kappa shape index (κ2) is 8.42. The number of carbonyl (C=O) groups is 2. The zero-order valence-corrected chi connectivity index (χ0v) is 13.1. The van der Waals surface area contributed by atoms with Gasteiger partial charge in [0.2, 0.25) is 0 Å². The number of esters is 1. The monoisotopic (exact) mass is 293 g/mol. The molecule has 0 radical (unpaired) electrons. The maximum atomic E-state index is 11.5. The maximum absolute atomic E-state index is 11.5. The molecule has 21 heavy (non-hydrogen) atoms. The van der Waals surface area contributed by atoms with E-state index >= 15 is 0 Å². The third kappa shape index (κ3) is 5.55. The van der Waals surface area contributed by atoms with Gasteiger partial charge < -0.3 is 14.4 Å². The van der Waals surface area contributed by atoms with Crippen LogP contribution in [0, 0.1) is 5.92 Å². The summed E-state index contributed by atoms with van der Waals surface area (Å²) in [6, 6.07) is 7.19. The van der Waals surface area contributed by atoms with Crippen LogP contribution >= 0.6 is 0 Å². The number of ketones is 1. The van der Waals surface area contributed by atoms with Crippen molar-refractivity contribution in [3.8, 4) is 5.75 Å². The van der Waals surface area contributed by atoms with Gasteiger partial charge in [-0.05, 0) is 26.1 Å². The first-order chi connectivity index (χ1) is 9.95. The van der Waals surface area contributed by atoms with Gasteiger partial charge in [-0.1, -0.05) is 19.1 Å². The van der Waals surface area contributed by atoms with Crippen molar-refractivity contribution in [3.05, 3.63) is 29.8 Å². The molecule has 0 saturated heterocycles. The minimum atomic E-state index is -0.218. The number of likely N-dealkylation sites (N-methyl/N-ethyl adjacent to an activating group) is 1. The highest BCUT2D eigenvalue weighted by Gasteiger charge is 2.15. The van der Waals surface area contributed by atoms with E-state index in [4.69, 9.17) is 9.47 Å². The third-order valence-electron chi connectivity index (χ3n) is 3.19. The van der Waals surface area contributed by atoms with E-state index in [0.717, 1.165) is 0 Å². The van der Waals surface area contributed by atoms with E-state index in [1.165, 1.54) is 14.0 Å². The van der Waals surface area contributed by atoms with Crippen LogP contribution in [-0.4, -0.2) is 50.5 Å². The van der Waals surface area contributed by atoms with Crippen molar-refractivity contribution in [1.82, 2.24) is 4.90 Å². The van der Waals surface area contributed by atoms with Crippen LogP contribution in [0.25, 0.3) is 0 Å². The molecule has 1 unspecified atom stereocenters. The number of methoxy groups -OCH3 is 1. The molecular weight excluding hydrogens is 270 g/mol. The van der Waals surface area contributed by atoms with Gasteiger partial charge in [0, 0.05) is 13.1 Å². The van der Waals surface area contributed by atoms with E-state index in [9.17, 15) is 9.59 Å². The number of Topliss-reactive ketones (excluding diaryl/α,β-unsaturated/α-hetero) is 1. The van der Waals surface area contributed by atoms with Crippen molar-refractivity contribution in [2.75, 3.05) is 33.9 Å². The number of hydrogen-bond donors (Lipinski definition) is 0. The number of para-hydroxylation sites is 1. The molecule has 0 fully saturated rings. The molecule has 0 aliphatic carbocycles. The van der Waals surface area contributed by atoms with Crippen LogP contribution in [0.4, 0.5) is 0 Å². The van der Waals surface area contributed by atoms with Crippen LogP contribution < -0.4 is 4.74 Å². The van der Waals surface area contributed by atoms with Gasteiger partial charge in [0.15, 0.2) is 5.78 Å². The van der Waals surface area contributed by atoms with Crippen molar-refractivity contribution in [1.29, 1.82) is 0 Å². The van der Waals surface area contributed by atoms with E-state index in [1.807, 2.05) is 31.0 Å². The van der Waals surface area contributed by atoms with Gasteiger partial charge in [-0.25, -0.2) is 0 Å². The van der Waals surface area contributed by atoms with Crippen LogP contribution in [0.2, 0.25) is 0 Å². The Balaban J connectivity index is 2.43. The lowest BCUT2D eigenvalue weighted by Gasteiger charge is -2.20. The molecule has 116 valence electrons. The van der Waals surface area contributed by atoms with Gasteiger partial charge >= 0.3 is 5.97 Å². The Labute approximate surface area is 125 Å². The first-order valence-corrected chi connectivity index (χ1v) is 6.94. The van der Waals surface area contributed by atoms with E-state index in [0.29, 0.717) is 31.0 Å². The summed E-state index contributed by atoms with van der Waals surface area (Å²) in [5.41, 5.74) is 0.586. The van der Waals surface area contributed by atoms with Gasteiger partial charge in [-0.15, -0.1) is 0 Å². The average molecular weight is 293 g/mol. The molecular formula is C16H23NO4. The van der Waals surface area contributed by atoms with E-state index in [-0.39, 0.29) is 17.7 Å². The first-order valence-electron chi connectivity index (χ1n) is 6.94. The molecule has 0 aliphatic rings. The number of nitrogens with zero attached hydrogens (tertiary/aromatic N) is 1. The number of ether oxygens (including phenoxy) is 2. The van der Waals surface area contributed by atoms with Crippen molar-refractivity contribution in [3.63, 3.8) is 0 Å². The second-order valence-corrected chi connectivity index (χ2v) is 5.09. The Morgan fingerprint density at radius 2 is 1.95 bits per heavy atom. The topological polar surface area (TPSA) is 55.8 Å². The predicted octanol–water partition coefficient (Wildman–Crippen LogP) is 2.01. The zero-order valence-electron chi connectivity index (χ0n) is 13.1. The summed E-state index contributed by atoms with van der Waals surface area (Å²) < 4.78 is 10.4. The number of carbonyl (C=O) groups excluding carboxylic acids is 2. The summed E-state index contributed by atoms with van der Waals surface area (Å²) in [7, 11) is 3.31. The molecule has 0 spiro atoms. The highest BCUT2D eigenvalue weighted by atomic mass is 16.5. The van der Waals surface area contributed by atoms with Crippen LogP contribution in [0.1, 0.15) is 24.2 Å². The van der Waals surface area contributed by atoms with Gasteiger partial charge in [-0.3, -0.25) is 9.59 Å². The van der Waals surface area contributed by atoms with Gasteiger partial charge in [-0.2, -0.15) is 0 Å². The lowest BCUT2D eigenvalue weighted by Crippen LogP contribution is -2.32. The SMILES string of the molecule is COC(=O)C(C)CN(C)CCOc1ccccc1C(C)=O. The predicted molar refractivity (Wildman–Crippen MR) is 80.6 cm³/mol. The fourth-order valence-corrected chi connectivity index (χ4v) is 2.03.